The minimum absolute atomic E-state index is 0.244. The Hall–Kier alpha value is -2.11. The number of carbonyl (C=O) groups excluding carboxylic acids is 2. The first-order valence-electron chi connectivity index (χ1n) is 5.55. The molecule has 0 saturated heterocycles. The monoisotopic (exact) mass is 252 g/mol. The van der Waals surface area contributed by atoms with Crippen LogP contribution in [0.25, 0.3) is 0 Å². The number of hydrogen-bond acceptors (Lipinski definition) is 4. The molecule has 1 amide bonds. The smallest absolute Gasteiger partial charge is 0.305 e. The molecule has 0 aliphatic rings. The summed E-state index contributed by atoms with van der Waals surface area (Å²) in [6.07, 6.45) is 2.22. The van der Waals surface area contributed by atoms with Gasteiger partial charge in [-0.05, 0) is 12.5 Å². The lowest BCUT2D eigenvalue weighted by molar-refractivity contribution is -0.140. The molecule has 0 spiro atoms. The van der Waals surface area contributed by atoms with Crippen LogP contribution in [-0.2, 0) is 9.53 Å². The molecular formula is C12H16N2O4. The Morgan fingerprint density at radius 3 is 2.78 bits per heavy atom. The number of carbonyl (C=O) groups is 2. The SMILES string of the molecule is COC(=O)CCCN(C)C(=O)c1cc[nH]c(=O)c1. The summed E-state index contributed by atoms with van der Waals surface area (Å²) >= 11 is 0. The van der Waals surface area contributed by atoms with Crippen molar-refractivity contribution in [2.45, 2.75) is 12.8 Å². The first-order chi connectivity index (χ1) is 8.54. The van der Waals surface area contributed by atoms with Gasteiger partial charge in [0.2, 0.25) is 5.56 Å². The standard InChI is InChI=1S/C12H16N2O4/c1-14(7-3-4-11(16)18-2)12(17)9-5-6-13-10(15)8-9/h5-6,8H,3-4,7H2,1-2H3,(H,13,15). The highest BCUT2D eigenvalue weighted by atomic mass is 16.5. The van der Waals surface area contributed by atoms with Crippen LogP contribution >= 0.6 is 0 Å². The Labute approximate surface area is 105 Å². The van der Waals surface area contributed by atoms with Crippen LogP contribution < -0.4 is 5.56 Å². The third-order valence-corrected chi connectivity index (χ3v) is 2.47. The molecule has 0 aliphatic carbocycles. The van der Waals surface area contributed by atoms with E-state index in [0.29, 0.717) is 18.5 Å². The lowest BCUT2D eigenvalue weighted by Gasteiger charge is -2.16. The summed E-state index contributed by atoms with van der Waals surface area (Å²) in [7, 11) is 2.95. The van der Waals surface area contributed by atoms with Gasteiger partial charge in [-0.15, -0.1) is 0 Å². The fourth-order valence-electron chi connectivity index (χ4n) is 1.46. The third kappa shape index (κ3) is 4.04. The van der Waals surface area contributed by atoms with Crippen molar-refractivity contribution in [1.29, 1.82) is 0 Å². The molecular weight excluding hydrogens is 236 g/mol. The zero-order chi connectivity index (χ0) is 13.5. The van der Waals surface area contributed by atoms with E-state index < -0.39 is 0 Å². The molecule has 0 radical (unpaired) electrons. The number of esters is 1. The lowest BCUT2D eigenvalue weighted by Crippen LogP contribution is -2.29. The summed E-state index contributed by atoms with van der Waals surface area (Å²) in [5.41, 5.74) is 0.0168. The predicted molar refractivity (Wildman–Crippen MR) is 65.3 cm³/mol. The van der Waals surface area contributed by atoms with Gasteiger partial charge in [0, 0.05) is 37.8 Å². The molecule has 1 N–H and O–H groups in total. The van der Waals surface area contributed by atoms with E-state index in [0.717, 1.165) is 0 Å². The van der Waals surface area contributed by atoms with E-state index in [2.05, 4.69) is 9.72 Å². The summed E-state index contributed by atoms with van der Waals surface area (Å²) in [6, 6.07) is 2.79. The van der Waals surface area contributed by atoms with Crippen LogP contribution in [0.2, 0.25) is 0 Å². The predicted octanol–water partition coefficient (Wildman–Crippen LogP) is 0.400. The maximum absolute atomic E-state index is 11.9. The van der Waals surface area contributed by atoms with Crippen LogP contribution in [-0.4, -0.2) is 42.5 Å². The zero-order valence-electron chi connectivity index (χ0n) is 10.4. The van der Waals surface area contributed by atoms with Crippen molar-refractivity contribution in [3.05, 3.63) is 34.2 Å². The highest BCUT2D eigenvalue weighted by Gasteiger charge is 2.12. The van der Waals surface area contributed by atoms with Crippen LogP contribution in [0.15, 0.2) is 23.1 Å². The van der Waals surface area contributed by atoms with Gasteiger partial charge in [0.05, 0.1) is 7.11 Å². The van der Waals surface area contributed by atoms with Crippen molar-refractivity contribution in [2.24, 2.45) is 0 Å². The molecule has 18 heavy (non-hydrogen) atoms. The van der Waals surface area contributed by atoms with E-state index >= 15 is 0 Å². The minimum Gasteiger partial charge on any atom is -0.469 e. The van der Waals surface area contributed by atoms with Crippen LogP contribution in [0.3, 0.4) is 0 Å². The Kier molecular flexibility index (Phi) is 5.10. The van der Waals surface area contributed by atoms with Gasteiger partial charge in [0.15, 0.2) is 0 Å². The van der Waals surface area contributed by atoms with E-state index in [1.165, 1.54) is 24.3 Å². The van der Waals surface area contributed by atoms with Gasteiger partial charge >= 0.3 is 5.97 Å². The number of aromatic amines is 1. The lowest BCUT2D eigenvalue weighted by atomic mass is 10.2. The largest absolute Gasteiger partial charge is 0.469 e. The third-order valence-electron chi connectivity index (χ3n) is 2.47. The summed E-state index contributed by atoms with van der Waals surface area (Å²) in [5, 5.41) is 0. The van der Waals surface area contributed by atoms with Crippen LogP contribution in [0.1, 0.15) is 23.2 Å². The highest BCUT2D eigenvalue weighted by molar-refractivity contribution is 5.93. The molecule has 6 heteroatoms. The zero-order valence-corrected chi connectivity index (χ0v) is 10.4. The number of rotatable bonds is 5. The fraction of sp³-hybridized carbons (Fsp3) is 0.417. The van der Waals surface area contributed by atoms with Crippen molar-refractivity contribution in [1.82, 2.24) is 9.88 Å². The number of ether oxygens (including phenoxy) is 1. The minimum atomic E-state index is -0.316. The summed E-state index contributed by atoms with van der Waals surface area (Å²) in [6.45, 7) is 0.431. The molecule has 1 aromatic rings. The van der Waals surface area contributed by atoms with Crippen LogP contribution in [0.5, 0.6) is 0 Å². The van der Waals surface area contributed by atoms with Gasteiger partial charge in [-0.1, -0.05) is 0 Å². The Balaban J connectivity index is 2.51. The Morgan fingerprint density at radius 2 is 2.17 bits per heavy atom. The second-order valence-electron chi connectivity index (χ2n) is 3.85. The Morgan fingerprint density at radius 1 is 1.44 bits per heavy atom. The number of nitrogens with zero attached hydrogens (tertiary/aromatic N) is 1. The number of methoxy groups -OCH3 is 1. The average molecular weight is 252 g/mol. The molecule has 0 bridgehead atoms. The number of nitrogens with one attached hydrogen (secondary N) is 1. The van der Waals surface area contributed by atoms with E-state index in [4.69, 9.17) is 0 Å². The molecule has 0 aliphatic heterocycles. The van der Waals surface area contributed by atoms with Crippen molar-refractivity contribution in [3.63, 3.8) is 0 Å². The molecule has 1 rings (SSSR count). The van der Waals surface area contributed by atoms with Crippen molar-refractivity contribution >= 4 is 11.9 Å². The second kappa shape index (κ2) is 6.58. The number of H-pyrrole nitrogens is 1. The van der Waals surface area contributed by atoms with Gasteiger partial charge in [0.25, 0.3) is 5.91 Å². The van der Waals surface area contributed by atoms with E-state index in [-0.39, 0.29) is 23.9 Å². The maximum Gasteiger partial charge on any atom is 0.305 e. The number of aromatic nitrogens is 1. The maximum atomic E-state index is 11.9. The second-order valence-corrected chi connectivity index (χ2v) is 3.85. The molecule has 0 saturated carbocycles. The summed E-state index contributed by atoms with van der Waals surface area (Å²) < 4.78 is 4.51. The number of pyridine rings is 1. The van der Waals surface area contributed by atoms with Gasteiger partial charge in [-0.3, -0.25) is 14.4 Å². The Bertz CT molecular complexity index is 481. The van der Waals surface area contributed by atoms with Crippen LogP contribution in [0.4, 0.5) is 0 Å². The van der Waals surface area contributed by atoms with E-state index in [1.807, 2.05) is 0 Å². The number of amides is 1. The first-order valence-corrected chi connectivity index (χ1v) is 5.55. The van der Waals surface area contributed by atoms with Crippen LogP contribution in [0, 0.1) is 0 Å². The van der Waals surface area contributed by atoms with Gasteiger partial charge < -0.3 is 14.6 Å². The molecule has 0 unspecified atom stereocenters. The van der Waals surface area contributed by atoms with Gasteiger partial charge in [0.1, 0.15) is 0 Å². The van der Waals surface area contributed by atoms with E-state index in [9.17, 15) is 14.4 Å². The molecule has 0 fully saturated rings. The summed E-state index contributed by atoms with van der Waals surface area (Å²) in [4.78, 5) is 37.8. The topological polar surface area (TPSA) is 79.5 Å². The van der Waals surface area contributed by atoms with Crippen molar-refractivity contribution < 1.29 is 14.3 Å². The van der Waals surface area contributed by atoms with Gasteiger partial charge in [-0.2, -0.15) is 0 Å². The molecule has 6 nitrogen and oxygen atoms in total. The normalized spacial score (nSPS) is 9.89. The molecule has 98 valence electrons. The quantitative estimate of drug-likeness (QED) is 0.769. The van der Waals surface area contributed by atoms with E-state index in [1.54, 1.807) is 13.1 Å². The number of hydrogen-bond donors (Lipinski definition) is 1. The fourth-order valence-corrected chi connectivity index (χ4v) is 1.46. The van der Waals surface area contributed by atoms with Crippen molar-refractivity contribution in [2.75, 3.05) is 20.7 Å². The highest BCUT2D eigenvalue weighted by Crippen LogP contribution is 2.02. The molecule has 0 aromatic carbocycles. The first kappa shape index (κ1) is 14.0. The molecule has 1 heterocycles. The summed E-state index contributed by atoms with van der Waals surface area (Å²) in [5.74, 6) is -0.544. The molecule has 1 aromatic heterocycles. The molecule has 0 atom stereocenters. The average Bonchev–Trinajstić information content (AvgIpc) is 2.37. The van der Waals surface area contributed by atoms with Gasteiger partial charge in [-0.25, -0.2) is 0 Å². The van der Waals surface area contributed by atoms with Crippen molar-refractivity contribution in [3.8, 4) is 0 Å².